The van der Waals surface area contributed by atoms with E-state index in [0.717, 1.165) is 5.75 Å². The summed E-state index contributed by atoms with van der Waals surface area (Å²) < 4.78 is 5.47. The van der Waals surface area contributed by atoms with E-state index in [-0.39, 0.29) is 18.2 Å². The minimum absolute atomic E-state index is 0.0822. The van der Waals surface area contributed by atoms with Crippen LogP contribution in [0.1, 0.15) is 19.3 Å². The van der Waals surface area contributed by atoms with Crippen LogP contribution in [-0.4, -0.2) is 31.5 Å². The van der Waals surface area contributed by atoms with Crippen molar-refractivity contribution in [2.24, 2.45) is 0 Å². The molecule has 21 heavy (non-hydrogen) atoms. The standard InChI is InChI=1S/C15H19N3O3/c16-9-8-15(20)18-11-10-17-14(19)7-4-12-21-13-5-2-1-3-6-13/h1-3,5-6H,4,7-8,10-12H2,(H,17,19)(H,18,20). The van der Waals surface area contributed by atoms with Gasteiger partial charge in [0.25, 0.3) is 0 Å². The summed E-state index contributed by atoms with van der Waals surface area (Å²) in [6, 6.07) is 11.2. The van der Waals surface area contributed by atoms with Crippen LogP contribution in [0.3, 0.4) is 0 Å². The van der Waals surface area contributed by atoms with Crippen LogP contribution in [-0.2, 0) is 9.59 Å². The van der Waals surface area contributed by atoms with E-state index in [0.29, 0.717) is 32.5 Å². The van der Waals surface area contributed by atoms with E-state index in [1.165, 1.54) is 0 Å². The maximum atomic E-state index is 11.5. The maximum absolute atomic E-state index is 11.5. The van der Waals surface area contributed by atoms with Crippen LogP contribution in [0.2, 0.25) is 0 Å². The number of hydrogen-bond donors (Lipinski definition) is 2. The fraction of sp³-hybridized carbons (Fsp3) is 0.400. The third kappa shape index (κ3) is 8.26. The van der Waals surface area contributed by atoms with Crippen molar-refractivity contribution in [2.75, 3.05) is 19.7 Å². The third-order valence-electron chi connectivity index (χ3n) is 2.57. The first-order valence-electron chi connectivity index (χ1n) is 6.80. The van der Waals surface area contributed by atoms with Crippen molar-refractivity contribution in [1.29, 1.82) is 5.26 Å². The molecule has 0 radical (unpaired) electrons. The number of para-hydroxylation sites is 1. The second-order valence-electron chi connectivity index (χ2n) is 4.30. The van der Waals surface area contributed by atoms with Crippen LogP contribution in [0, 0.1) is 11.3 Å². The van der Waals surface area contributed by atoms with Crippen LogP contribution >= 0.6 is 0 Å². The zero-order valence-corrected chi connectivity index (χ0v) is 11.8. The van der Waals surface area contributed by atoms with Gasteiger partial charge in [-0.15, -0.1) is 0 Å². The van der Waals surface area contributed by atoms with E-state index in [2.05, 4.69) is 10.6 Å². The Morgan fingerprint density at radius 1 is 1.10 bits per heavy atom. The minimum atomic E-state index is -0.331. The van der Waals surface area contributed by atoms with Gasteiger partial charge in [0.15, 0.2) is 0 Å². The van der Waals surface area contributed by atoms with Gasteiger partial charge in [0, 0.05) is 19.5 Å². The normalized spacial score (nSPS) is 9.48. The predicted molar refractivity (Wildman–Crippen MR) is 77.4 cm³/mol. The van der Waals surface area contributed by atoms with Crippen molar-refractivity contribution in [3.8, 4) is 11.8 Å². The average molecular weight is 289 g/mol. The van der Waals surface area contributed by atoms with Crippen LogP contribution in [0.25, 0.3) is 0 Å². The Morgan fingerprint density at radius 3 is 2.43 bits per heavy atom. The first kappa shape index (κ1) is 16.5. The number of amides is 2. The molecule has 0 saturated heterocycles. The van der Waals surface area contributed by atoms with Crippen molar-refractivity contribution < 1.29 is 14.3 Å². The molecule has 112 valence electrons. The van der Waals surface area contributed by atoms with E-state index in [9.17, 15) is 9.59 Å². The van der Waals surface area contributed by atoms with Gasteiger partial charge in [-0.25, -0.2) is 0 Å². The number of benzene rings is 1. The highest BCUT2D eigenvalue weighted by Crippen LogP contribution is 2.08. The zero-order chi connectivity index (χ0) is 15.3. The minimum Gasteiger partial charge on any atom is -0.494 e. The molecule has 0 bridgehead atoms. The van der Waals surface area contributed by atoms with Gasteiger partial charge in [0.1, 0.15) is 12.2 Å². The van der Waals surface area contributed by atoms with Crippen LogP contribution in [0.5, 0.6) is 5.75 Å². The molecule has 0 atom stereocenters. The Kier molecular flexibility index (Phi) is 8.07. The largest absolute Gasteiger partial charge is 0.494 e. The van der Waals surface area contributed by atoms with Gasteiger partial charge in [-0.3, -0.25) is 9.59 Å². The van der Waals surface area contributed by atoms with E-state index < -0.39 is 0 Å². The summed E-state index contributed by atoms with van der Waals surface area (Å²) in [7, 11) is 0. The van der Waals surface area contributed by atoms with Gasteiger partial charge in [-0.1, -0.05) is 18.2 Å². The molecule has 0 aliphatic carbocycles. The molecule has 1 aromatic rings. The molecule has 0 unspecified atom stereocenters. The number of carbonyl (C=O) groups is 2. The highest BCUT2D eigenvalue weighted by atomic mass is 16.5. The monoisotopic (exact) mass is 289 g/mol. The molecule has 1 rings (SSSR count). The lowest BCUT2D eigenvalue weighted by molar-refractivity contribution is -0.122. The van der Waals surface area contributed by atoms with Gasteiger partial charge in [-0.05, 0) is 18.6 Å². The van der Waals surface area contributed by atoms with Gasteiger partial charge in [0.05, 0.1) is 12.7 Å². The fourth-order valence-electron chi connectivity index (χ4n) is 1.57. The summed E-state index contributed by atoms with van der Waals surface area (Å²) in [5.41, 5.74) is 0. The number of nitrogens with one attached hydrogen (secondary N) is 2. The van der Waals surface area contributed by atoms with E-state index in [4.69, 9.17) is 10.00 Å². The van der Waals surface area contributed by atoms with Gasteiger partial charge in [0.2, 0.25) is 11.8 Å². The Hall–Kier alpha value is -2.55. The highest BCUT2D eigenvalue weighted by Gasteiger charge is 2.02. The lowest BCUT2D eigenvalue weighted by Crippen LogP contribution is -2.34. The quantitative estimate of drug-likeness (QED) is 0.663. The molecular weight excluding hydrogens is 270 g/mol. The Bertz CT molecular complexity index is 483. The van der Waals surface area contributed by atoms with Crippen molar-refractivity contribution in [3.05, 3.63) is 30.3 Å². The number of ether oxygens (including phenoxy) is 1. The van der Waals surface area contributed by atoms with E-state index in [1.807, 2.05) is 30.3 Å². The second-order valence-corrected chi connectivity index (χ2v) is 4.30. The van der Waals surface area contributed by atoms with Crippen LogP contribution in [0.15, 0.2) is 30.3 Å². The molecule has 6 heteroatoms. The maximum Gasteiger partial charge on any atom is 0.234 e. The zero-order valence-electron chi connectivity index (χ0n) is 11.8. The first-order valence-corrected chi connectivity index (χ1v) is 6.80. The summed E-state index contributed by atoms with van der Waals surface area (Å²) in [6.07, 6.45) is 0.839. The molecule has 0 saturated carbocycles. The molecule has 0 fully saturated rings. The number of carbonyl (C=O) groups excluding carboxylic acids is 2. The van der Waals surface area contributed by atoms with Crippen molar-refractivity contribution >= 4 is 11.8 Å². The third-order valence-corrected chi connectivity index (χ3v) is 2.57. The summed E-state index contributed by atoms with van der Waals surface area (Å²) >= 11 is 0. The topological polar surface area (TPSA) is 91.2 Å². The van der Waals surface area contributed by atoms with Crippen molar-refractivity contribution in [2.45, 2.75) is 19.3 Å². The van der Waals surface area contributed by atoms with Gasteiger partial charge < -0.3 is 15.4 Å². The number of nitrogens with zero attached hydrogens (tertiary/aromatic N) is 1. The molecule has 0 spiro atoms. The molecular formula is C15H19N3O3. The number of hydrogen-bond acceptors (Lipinski definition) is 4. The highest BCUT2D eigenvalue weighted by molar-refractivity contribution is 5.78. The molecule has 1 aromatic carbocycles. The smallest absolute Gasteiger partial charge is 0.234 e. The Labute approximate surface area is 124 Å². The second kappa shape index (κ2) is 10.3. The number of nitriles is 1. The Morgan fingerprint density at radius 2 is 1.76 bits per heavy atom. The van der Waals surface area contributed by atoms with Gasteiger partial charge >= 0.3 is 0 Å². The molecule has 0 heterocycles. The molecule has 6 nitrogen and oxygen atoms in total. The molecule has 2 N–H and O–H groups in total. The Balaban J connectivity index is 1.99. The molecule has 2 amide bonds. The fourth-order valence-corrected chi connectivity index (χ4v) is 1.57. The summed E-state index contributed by atoms with van der Waals surface area (Å²) in [6.45, 7) is 1.17. The lowest BCUT2D eigenvalue weighted by atomic mass is 10.3. The average Bonchev–Trinajstić information content (AvgIpc) is 2.49. The summed E-state index contributed by atoms with van der Waals surface area (Å²) in [4.78, 5) is 22.5. The van der Waals surface area contributed by atoms with E-state index >= 15 is 0 Å². The summed E-state index contributed by atoms with van der Waals surface area (Å²) in [5.74, 6) is 0.377. The van der Waals surface area contributed by atoms with E-state index in [1.54, 1.807) is 6.07 Å². The van der Waals surface area contributed by atoms with Gasteiger partial charge in [-0.2, -0.15) is 5.26 Å². The number of rotatable bonds is 9. The summed E-state index contributed by atoms with van der Waals surface area (Å²) in [5, 5.41) is 13.5. The van der Waals surface area contributed by atoms with Crippen molar-refractivity contribution in [1.82, 2.24) is 10.6 Å². The first-order chi connectivity index (χ1) is 10.2. The SMILES string of the molecule is N#CCC(=O)NCCNC(=O)CCCOc1ccccc1. The lowest BCUT2D eigenvalue weighted by Gasteiger charge is -2.07. The predicted octanol–water partition coefficient (Wildman–Crippen LogP) is 0.992. The van der Waals surface area contributed by atoms with Crippen LogP contribution < -0.4 is 15.4 Å². The molecule has 0 aliphatic heterocycles. The molecule has 0 aliphatic rings. The molecule has 0 aromatic heterocycles. The van der Waals surface area contributed by atoms with Crippen molar-refractivity contribution in [3.63, 3.8) is 0 Å². The van der Waals surface area contributed by atoms with Crippen LogP contribution in [0.4, 0.5) is 0 Å².